The quantitative estimate of drug-likeness (QED) is 0.605. The van der Waals surface area contributed by atoms with E-state index in [2.05, 4.69) is 0 Å². The number of hydrogen-bond acceptors (Lipinski definition) is 1. The highest BCUT2D eigenvalue weighted by Crippen LogP contribution is 2.71. The van der Waals surface area contributed by atoms with E-state index in [4.69, 9.17) is 5.11 Å². The van der Waals surface area contributed by atoms with Gasteiger partial charge in [0.1, 0.15) is 0 Å². The molecule has 0 bridgehead atoms. The maximum Gasteiger partial charge on any atom is 0.417 e. The van der Waals surface area contributed by atoms with Gasteiger partial charge >= 0.3 is 6.18 Å². The van der Waals surface area contributed by atoms with E-state index >= 15 is 0 Å². The molecule has 4 heteroatoms. The molecule has 1 nitrogen and oxygen atoms in total. The van der Waals surface area contributed by atoms with E-state index in [9.17, 15) is 13.2 Å². The third-order valence-corrected chi connectivity index (χ3v) is 3.41. The van der Waals surface area contributed by atoms with Gasteiger partial charge in [-0.15, -0.1) is 0 Å². The third kappa shape index (κ3) is 0.843. The largest absolute Gasteiger partial charge is 0.417 e. The van der Waals surface area contributed by atoms with Crippen molar-refractivity contribution in [1.82, 2.24) is 0 Å². The monoisotopic (exact) mass is 180 g/mol. The van der Waals surface area contributed by atoms with Crippen LogP contribution in [0.4, 0.5) is 13.2 Å². The van der Waals surface area contributed by atoms with Crippen molar-refractivity contribution >= 4 is 0 Å². The van der Waals surface area contributed by atoms with Crippen LogP contribution < -0.4 is 0 Å². The van der Waals surface area contributed by atoms with Gasteiger partial charge in [-0.2, -0.15) is 13.2 Å². The predicted octanol–water partition coefficient (Wildman–Crippen LogP) is 2.10. The minimum Gasteiger partial charge on any atom is -0.380 e. The fourth-order valence-electron chi connectivity index (χ4n) is 2.36. The minimum atomic E-state index is -4.43. The Morgan fingerprint density at radius 3 is 2.00 bits per heavy atom. The van der Waals surface area contributed by atoms with Gasteiger partial charge in [0, 0.05) is 0 Å². The molecule has 1 spiro atoms. The number of hydrogen-bond donors (Lipinski definition) is 1. The molecule has 0 aliphatic heterocycles. The molecule has 70 valence electrons. The lowest BCUT2D eigenvalue weighted by Gasteiger charge is -2.45. The Morgan fingerprint density at radius 1 is 1.33 bits per heavy atom. The fourth-order valence-corrected chi connectivity index (χ4v) is 2.36. The van der Waals surface area contributed by atoms with E-state index in [1.54, 1.807) is 0 Å². The van der Waals surface area contributed by atoms with Crippen molar-refractivity contribution in [2.24, 2.45) is 11.3 Å². The van der Waals surface area contributed by atoms with Crippen LogP contribution in [0.25, 0.3) is 0 Å². The Bertz CT molecular complexity index is 215. The van der Waals surface area contributed by atoms with Crippen LogP contribution >= 0.6 is 0 Å². The summed E-state index contributed by atoms with van der Waals surface area (Å²) in [5.41, 5.74) is -2.51. The lowest BCUT2D eigenvalue weighted by molar-refractivity contribution is -0.304. The van der Waals surface area contributed by atoms with Gasteiger partial charge in [0.15, 0.2) is 5.60 Å². The average molecular weight is 180 g/mol. The first-order valence-corrected chi connectivity index (χ1v) is 4.08. The summed E-state index contributed by atoms with van der Waals surface area (Å²) in [4.78, 5) is 0. The van der Waals surface area contributed by atoms with Crippen molar-refractivity contribution in [2.45, 2.75) is 38.0 Å². The summed E-state index contributed by atoms with van der Waals surface area (Å²) in [5.74, 6) is 0.375. The normalized spacial score (nSPS) is 52.2. The van der Waals surface area contributed by atoms with Gasteiger partial charge in [-0.3, -0.25) is 0 Å². The van der Waals surface area contributed by atoms with Crippen molar-refractivity contribution in [2.75, 3.05) is 0 Å². The SMILES string of the molecule is CC1CC12CC(O)(C(F)(F)F)C2. The topological polar surface area (TPSA) is 20.2 Å². The van der Waals surface area contributed by atoms with Gasteiger partial charge in [-0.1, -0.05) is 6.92 Å². The van der Waals surface area contributed by atoms with Gasteiger partial charge < -0.3 is 5.11 Å². The van der Waals surface area contributed by atoms with E-state index in [-0.39, 0.29) is 18.3 Å². The molecule has 0 saturated heterocycles. The molecule has 2 saturated carbocycles. The van der Waals surface area contributed by atoms with Crippen LogP contribution in [0.3, 0.4) is 0 Å². The predicted molar refractivity (Wildman–Crippen MR) is 36.5 cm³/mol. The second-order valence-corrected chi connectivity index (χ2v) is 4.35. The van der Waals surface area contributed by atoms with Gasteiger partial charge in [0.25, 0.3) is 0 Å². The third-order valence-electron chi connectivity index (χ3n) is 3.41. The van der Waals surface area contributed by atoms with Crippen molar-refractivity contribution in [3.63, 3.8) is 0 Å². The molecule has 0 aromatic heterocycles. The molecule has 0 radical (unpaired) electrons. The molecule has 0 aromatic carbocycles. The van der Waals surface area contributed by atoms with Gasteiger partial charge in [-0.25, -0.2) is 0 Å². The highest BCUT2D eigenvalue weighted by atomic mass is 19.4. The molecule has 2 fully saturated rings. The van der Waals surface area contributed by atoms with Crippen molar-refractivity contribution < 1.29 is 18.3 Å². The first kappa shape index (κ1) is 8.35. The second-order valence-electron chi connectivity index (χ2n) is 4.35. The summed E-state index contributed by atoms with van der Waals surface area (Å²) in [5, 5.41) is 9.11. The van der Waals surface area contributed by atoms with E-state index < -0.39 is 11.8 Å². The zero-order valence-corrected chi connectivity index (χ0v) is 6.78. The molecule has 2 aliphatic rings. The maximum atomic E-state index is 12.1. The van der Waals surface area contributed by atoms with Crippen LogP contribution in [-0.4, -0.2) is 16.9 Å². The average Bonchev–Trinajstić information content (AvgIpc) is 2.37. The van der Waals surface area contributed by atoms with Crippen molar-refractivity contribution in [1.29, 1.82) is 0 Å². The summed E-state index contributed by atoms with van der Waals surface area (Å²) < 4.78 is 36.4. The molecule has 2 rings (SSSR count). The van der Waals surface area contributed by atoms with Crippen LogP contribution in [0.1, 0.15) is 26.2 Å². The highest BCUT2D eigenvalue weighted by Gasteiger charge is 2.73. The number of alkyl halides is 3. The Kier molecular flexibility index (Phi) is 1.26. The number of halogens is 3. The summed E-state index contributed by atoms with van der Waals surface area (Å²) in [7, 11) is 0. The molecule has 1 N–H and O–H groups in total. The van der Waals surface area contributed by atoms with Crippen LogP contribution in [-0.2, 0) is 0 Å². The zero-order chi connectivity index (χ0) is 9.20. The Morgan fingerprint density at radius 2 is 1.75 bits per heavy atom. The van der Waals surface area contributed by atoms with E-state index in [0.717, 1.165) is 6.42 Å². The highest BCUT2D eigenvalue weighted by molar-refractivity contribution is 5.17. The smallest absolute Gasteiger partial charge is 0.380 e. The standard InChI is InChI=1S/C8H11F3O/c1-5-2-6(5)3-7(12,4-6)8(9,10)11/h5,12H,2-4H2,1H3. The molecule has 2 aliphatic carbocycles. The number of rotatable bonds is 0. The summed E-state index contributed by atoms with van der Waals surface area (Å²) in [6, 6.07) is 0. The van der Waals surface area contributed by atoms with Gasteiger partial charge in [0.05, 0.1) is 0 Å². The van der Waals surface area contributed by atoms with Gasteiger partial charge in [-0.05, 0) is 30.6 Å². The lowest BCUT2D eigenvalue weighted by Crippen LogP contribution is -2.56. The first-order chi connectivity index (χ1) is 5.29. The Balaban J connectivity index is 2.03. The van der Waals surface area contributed by atoms with Crippen molar-refractivity contribution in [3.05, 3.63) is 0 Å². The molecule has 0 amide bonds. The second kappa shape index (κ2) is 1.81. The first-order valence-electron chi connectivity index (χ1n) is 4.08. The van der Waals surface area contributed by atoms with E-state index in [0.29, 0.717) is 5.92 Å². The molecule has 1 unspecified atom stereocenters. The van der Waals surface area contributed by atoms with Crippen molar-refractivity contribution in [3.8, 4) is 0 Å². The van der Waals surface area contributed by atoms with Crippen LogP contribution in [0.15, 0.2) is 0 Å². The van der Waals surface area contributed by atoms with E-state index in [1.807, 2.05) is 6.92 Å². The molecule has 0 heterocycles. The Hall–Kier alpha value is -0.250. The van der Waals surface area contributed by atoms with Crippen LogP contribution in [0.5, 0.6) is 0 Å². The Labute approximate surface area is 68.6 Å². The minimum absolute atomic E-state index is 0.0787. The molecule has 1 atom stereocenters. The fraction of sp³-hybridized carbons (Fsp3) is 1.00. The van der Waals surface area contributed by atoms with Crippen LogP contribution in [0.2, 0.25) is 0 Å². The summed E-state index contributed by atoms with van der Waals surface area (Å²) in [6.07, 6.45) is -3.73. The summed E-state index contributed by atoms with van der Waals surface area (Å²) >= 11 is 0. The van der Waals surface area contributed by atoms with Crippen LogP contribution in [0, 0.1) is 11.3 Å². The molecule has 0 aromatic rings. The zero-order valence-electron chi connectivity index (χ0n) is 6.78. The summed E-state index contributed by atoms with van der Waals surface area (Å²) in [6.45, 7) is 1.94. The molecular formula is C8H11F3O. The molecule has 12 heavy (non-hydrogen) atoms. The maximum absolute atomic E-state index is 12.1. The molecular weight excluding hydrogens is 169 g/mol. The number of aliphatic hydroxyl groups is 1. The van der Waals surface area contributed by atoms with E-state index in [1.165, 1.54) is 0 Å². The van der Waals surface area contributed by atoms with Gasteiger partial charge in [0.2, 0.25) is 0 Å². The lowest BCUT2D eigenvalue weighted by atomic mass is 9.66.